The molecule has 0 atom stereocenters. The van der Waals surface area contributed by atoms with Gasteiger partial charge in [-0.1, -0.05) is 6.42 Å². The van der Waals surface area contributed by atoms with E-state index in [1.807, 2.05) is 0 Å². The molecular formula is C19H28O3. The first-order valence-electron chi connectivity index (χ1n) is 9.25. The molecule has 5 rings (SSSR count). The van der Waals surface area contributed by atoms with Crippen LogP contribution >= 0.6 is 0 Å². The molecule has 0 aromatic carbocycles. The van der Waals surface area contributed by atoms with E-state index in [4.69, 9.17) is 9.47 Å². The van der Waals surface area contributed by atoms with Crippen molar-refractivity contribution >= 4 is 5.97 Å². The highest BCUT2D eigenvalue weighted by Gasteiger charge is 2.55. The summed E-state index contributed by atoms with van der Waals surface area (Å²) in [7, 11) is 0. The molecule has 0 spiro atoms. The molecule has 5 fully saturated rings. The molecule has 0 saturated heterocycles. The second kappa shape index (κ2) is 5.90. The van der Waals surface area contributed by atoms with Crippen molar-refractivity contribution in [2.45, 2.75) is 76.7 Å². The van der Waals surface area contributed by atoms with Crippen molar-refractivity contribution in [3.8, 4) is 0 Å². The molecule has 22 heavy (non-hydrogen) atoms. The molecular weight excluding hydrogens is 276 g/mol. The molecule has 5 aliphatic rings. The molecule has 122 valence electrons. The van der Waals surface area contributed by atoms with Gasteiger partial charge in [0.15, 0.2) is 0 Å². The molecule has 3 heteroatoms. The fourth-order valence-corrected chi connectivity index (χ4v) is 5.92. The average Bonchev–Trinajstić information content (AvgIpc) is 2.51. The van der Waals surface area contributed by atoms with Gasteiger partial charge in [0, 0.05) is 0 Å². The Labute approximate surface area is 133 Å². The van der Waals surface area contributed by atoms with Gasteiger partial charge in [-0.2, -0.15) is 0 Å². The van der Waals surface area contributed by atoms with Crippen LogP contribution in [-0.4, -0.2) is 12.1 Å². The number of hydrogen-bond acceptors (Lipinski definition) is 3. The number of ether oxygens (including phenoxy) is 2. The Morgan fingerprint density at radius 2 is 1.45 bits per heavy atom. The van der Waals surface area contributed by atoms with Gasteiger partial charge in [-0.25, -0.2) is 0 Å². The van der Waals surface area contributed by atoms with E-state index in [9.17, 15) is 4.79 Å². The highest BCUT2D eigenvalue weighted by atomic mass is 16.5. The van der Waals surface area contributed by atoms with Crippen molar-refractivity contribution in [2.75, 3.05) is 0 Å². The van der Waals surface area contributed by atoms with Crippen LogP contribution in [-0.2, 0) is 14.3 Å². The molecule has 0 heterocycles. The molecule has 0 amide bonds. The Balaban J connectivity index is 1.30. The van der Waals surface area contributed by atoms with E-state index in [1.165, 1.54) is 44.8 Å². The van der Waals surface area contributed by atoms with E-state index >= 15 is 0 Å². The predicted molar refractivity (Wildman–Crippen MR) is 83.8 cm³/mol. The van der Waals surface area contributed by atoms with Gasteiger partial charge in [0.05, 0.1) is 11.5 Å². The first kappa shape index (κ1) is 14.6. The third kappa shape index (κ3) is 2.79. The van der Waals surface area contributed by atoms with E-state index in [1.54, 1.807) is 6.26 Å². The maximum atomic E-state index is 12.6. The van der Waals surface area contributed by atoms with Crippen LogP contribution in [0, 0.1) is 23.2 Å². The van der Waals surface area contributed by atoms with Gasteiger partial charge >= 0.3 is 5.97 Å². The molecule has 0 aromatic rings. The summed E-state index contributed by atoms with van der Waals surface area (Å²) < 4.78 is 11.2. The zero-order valence-electron chi connectivity index (χ0n) is 13.5. The van der Waals surface area contributed by atoms with Gasteiger partial charge in [0.1, 0.15) is 12.5 Å². The predicted octanol–water partition coefficient (Wildman–Crippen LogP) is 4.57. The number of rotatable bonds is 4. The fraction of sp³-hybridized carbons (Fsp3) is 0.842. The number of carbonyl (C=O) groups is 1. The average molecular weight is 304 g/mol. The van der Waals surface area contributed by atoms with Crippen LogP contribution in [0.2, 0.25) is 0 Å². The van der Waals surface area contributed by atoms with Crippen molar-refractivity contribution in [1.82, 2.24) is 0 Å². The van der Waals surface area contributed by atoms with E-state index in [-0.39, 0.29) is 11.4 Å². The minimum Gasteiger partial charge on any atom is -0.495 e. The number of carbonyl (C=O) groups excluding carboxylic acids is 1. The van der Waals surface area contributed by atoms with Crippen LogP contribution in [0.25, 0.3) is 0 Å². The van der Waals surface area contributed by atoms with Gasteiger partial charge in [0.2, 0.25) is 0 Å². The summed E-state index contributed by atoms with van der Waals surface area (Å²) in [5.41, 5.74) is -0.163. The molecule has 0 unspecified atom stereocenters. The number of esters is 1. The second-order valence-corrected chi connectivity index (χ2v) is 8.27. The summed E-state index contributed by atoms with van der Waals surface area (Å²) in [5.74, 6) is 2.35. The maximum absolute atomic E-state index is 12.6. The van der Waals surface area contributed by atoms with Crippen molar-refractivity contribution in [3.63, 3.8) is 0 Å². The summed E-state index contributed by atoms with van der Waals surface area (Å²) in [6.45, 7) is 0. The quantitative estimate of drug-likeness (QED) is 0.564. The zero-order chi connectivity index (χ0) is 15.0. The first-order chi connectivity index (χ1) is 10.7. The number of hydrogen-bond donors (Lipinski definition) is 0. The van der Waals surface area contributed by atoms with E-state index < -0.39 is 0 Å². The molecule has 5 saturated carbocycles. The van der Waals surface area contributed by atoms with Crippen LogP contribution in [0.4, 0.5) is 0 Å². The molecule has 4 bridgehead atoms. The Morgan fingerprint density at radius 3 is 2.05 bits per heavy atom. The third-order valence-corrected chi connectivity index (χ3v) is 6.53. The molecule has 0 aromatic heterocycles. The topological polar surface area (TPSA) is 35.5 Å². The lowest BCUT2D eigenvalue weighted by Gasteiger charge is -2.54. The monoisotopic (exact) mass is 304 g/mol. The largest absolute Gasteiger partial charge is 0.495 e. The summed E-state index contributed by atoms with van der Waals surface area (Å²) in [6.07, 6.45) is 16.8. The Bertz CT molecular complexity index is 412. The highest BCUT2D eigenvalue weighted by Crippen LogP contribution is 2.60. The summed E-state index contributed by atoms with van der Waals surface area (Å²) in [6, 6.07) is 0. The molecule has 5 aliphatic carbocycles. The smallest absolute Gasteiger partial charge is 0.317 e. The van der Waals surface area contributed by atoms with Crippen LogP contribution in [0.3, 0.4) is 0 Å². The van der Waals surface area contributed by atoms with Crippen LogP contribution in [0.5, 0.6) is 0 Å². The molecule has 0 aliphatic heterocycles. The first-order valence-corrected chi connectivity index (χ1v) is 9.25. The highest BCUT2D eigenvalue weighted by molar-refractivity contribution is 5.78. The van der Waals surface area contributed by atoms with Gasteiger partial charge in [-0.15, -0.1) is 0 Å². The Kier molecular flexibility index (Phi) is 3.91. The fourth-order valence-electron chi connectivity index (χ4n) is 5.92. The van der Waals surface area contributed by atoms with Crippen molar-refractivity contribution in [2.24, 2.45) is 23.2 Å². The third-order valence-electron chi connectivity index (χ3n) is 6.53. The Morgan fingerprint density at radius 1 is 0.864 bits per heavy atom. The van der Waals surface area contributed by atoms with Crippen molar-refractivity contribution in [1.29, 1.82) is 0 Å². The van der Waals surface area contributed by atoms with Gasteiger partial charge < -0.3 is 9.47 Å². The summed E-state index contributed by atoms with van der Waals surface area (Å²) in [4.78, 5) is 12.6. The normalized spacial score (nSPS) is 41.0. The zero-order valence-corrected chi connectivity index (χ0v) is 13.5. The summed E-state index contributed by atoms with van der Waals surface area (Å²) >= 11 is 0. The molecule has 3 nitrogen and oxygen atoms in total. The lowest BCUT2D eigenvalue weighted by molar-refractivity contribution is -0.165. The minimum atomic E-state index is -0.163. The van der Waals surface area contributed by atoms with Crippen LogP contribution < -0.4 is 0 Å². The van der Waals surface area contributed by atoms with Gasteiger partial charge in [-0.3, -0.25) is 4.79 Å². The van der Waals surface area contributed by atoms with E-state index in [2.05, 4.69) is 0 Å². The van der Waals surface area contributed by atoms with Crippen molar-refractivity contribution in [3.05, 3.63) is 12.5 Å². The van der Waals surface area contributed by atoms with Crippen LogP contribution in [0.15, 0.2) is 12.5 Å². The van der Waals surface area contributed by atoms with Crippen molar-refractivity contribution < 1.29 is 14.3 Å². The maximum Gasteiger partial charge on any atom is 0.317 e. The van der Waals surface area contributed by atoms with E-state index in [0.717, 1.165) is 49.9 Å². The van der Waals surface area contributed by atoms with E-state index in [0.29, 0.717) is 6.10 Å². The Hall–Kier alpha value is -0.990. The SMILES string of the molecule is O=C(O/C=C/OC1CCCCC1)C12CC3CC(CC(C3)C1)C2. The molecule has 0 N–H and O–H groups in total. The summed E-state index contributed by atoms with van der Waals surface area (Å²) in [5, 5.41) is 0. The lowest BCUT2D eigenvalue weighted by atomic mass is 9.49. The minimum absolute atomic E-state index is 0.00935. The van der Waals surface area contributed by atoms with Crippen LogP contribution in [0.1, 0.15) is 70.6 Å². The lowest BCUT2D eigenvalue weighted by Crippen LogP contribution is -2.50. The molecule has 0 radical (unpaired) electrons. The second-order valence-electron chi connectivity index (χ2n) is 8.27. The van der Waals surface area contributed by atoms with Gasteiger partial charge in [0.25, 0.3) is 0 Å². The van der Waals surface area contributed by atoms with Gasteiger partial charge in [-0.05, 0) is 82.0 Å². The standard InChI is InChI=1S/C19H28O3/c20-18(22-7-6-21-17-4-2-1-3-5-17)19-11-14-8-15(12-19)10-16(9-14)13-19/h6-7,14-17H,1-5,8-13H2/b7-6+.